The summed E-state index contributed by atoms with van der Waals surface area (Å²) in [4.78, 5) is 30.3. The highest BCUT2D eigenvalue weighted by molar-refractivity contribution is 7.98. The Labute approximate surface area is 229 Å². The number of nitrogens with zero attached hydrogens (tertiary/aromatic N) is 2. The van der Waals surface area contributed by atoms with E-state index in [2.05, 4.69) is 28.4 Å². The molecule has 0 bridgehead atoms. The molecular weight excluding hydrogens is 498 g/mol. The van der Waals surface area contributed by atoms with Gasteiger partial charge in [0.15, 0.2) is 0 Å². The van der Waals surface area contributed by atoms with Gasteiger partial charge in [-0.1, -0.05) is 72.8 Å². The van der Waals surface area contributed by atoms with Crippen molar-refractivity contribution in [3.8, 4) is 5.75 Å². The Morgan fingerprint density at radius 2 is 1.53 bits per heavy atom. The third kappa shape index (κ3) is 8.53. The molecule has 0 saturated carbocycles. The molecule has 1 fully saturated rings. The van der Waals surface area contributed by atoms with Crippen molar-refractivity contribution in [2.24, 2.45) is 0 Å². The maximum Gasteiger partial charge on any atom is 0.408 e. The number of ether oxygens (including phenoxy) is 2. The van der Waals surface area contributed by atoms with E-state index in [9.17, 15) is 9.59 Å². The van der Waals surface area contributed by atoms with Gasteiger partial charge in [0.1, 0.15) is 18.4 Å². The number of thioether (sulfide) groups is 1. The van der Waals surface area contributed by atoms with Crippen molar-refractivity contribution >= 4 is 23.8 Å². The fourth-order valence-corrected chi connectivity index (χ4v) is 5.33. The molecular formula is C30H35N3O4S. The van der Waals surface area contributed by atoms with Crippen molar-refractivity contribution in [2.75, 3.05) is 39.0 Å². The van der Waals surface area contributed by atoms with Crippen LogP contribution in [0.25, 0.3) is 0 Å². The third-order valence-corrected chi connectivity index (χ3v) is 7.53. The van der Waals surface area contributed by atoms with E-state index in [0.29, 0.717) is 18.8 Å². The zero-order valence-corrected chi connectivity index (χ0v) is 22.6. The number of hydrogen-bond donors (Lipinski definition) is 1. The predicted molar refractivity (Wildman–Crippen MR) is 151 cm³/mol. The minimum absolute atomic E-state index is 0.0664. The Balaban J connectivity index is 1.31. The smallest absolute Gasteiger partial charge is 0.408 e. The first-order valence-corrected chi connectivity index (χ1v) is 14.0. The Morgan fingerprint density at radius 1 is 0.868 bits per heavy atom. The highest BCUT2D eigenvalue weighted by Crippen LogP contribution is 2.17. The first-order valence-electron chi connectivity index (χ1n) is 12.8. The van der Waals surface area contributed by atoms with Crippen molar-refractivity contribution < 1.29 is 19.1 Å². The zero-order valence-electron chi connectivity index (χ0n) is 21.8. The van der Waals surface area contributed by atoms with Crippen LogP contribution >= 0.6 is 11.8 Å². The summed E-state index contributed by atoms with van der Waals surface area (Å²) in [6.07, 6.45) is -0.579. The Hall–Kier alpha value is -3.49. The summed E-state index contributed by atoms with van der Waals surface area (Å²) in [7, 11) is 1.67. The molecule has 1 N–H and O–H groups in total. The first-order chi connectivity index (χ1) is 18.6. The van der Waals surface area contributed by atoms with Crippen LogP contribution in [0.1, 0.15) is 16.7 Å². The molecule has 0 spiro atoms. The number of alkyl carbamates (subject to hydrolysis) is 1. The van der Waals surface area contributed by atoms with Gasteiger partial charge in [-0.25, -0.2) is 4.79 Å². The maximum absolute atomic E-state index is 13.5. The number of nitrogens with one attached hydrogen (secondary N) is 1. The summed E-state index contributed by atoms with van der Waals surface area (Å²) in [5.74, 6) is 2.01. The molecule has 38 heavy (non-hydrogen) atoms. The number of carbonyl (C=O) groups excluding carboxylic acids is 2. The molecule has 1 aliphatic rings. The third-order valence-electron chi connectivity index (χ3n) is 6.42. The van der Waals surface area contributed by atoms with Crippen LogP contribution in [0.15, 0.2) is 84.9 Å². The SMILES string of the molecule is COc1cccc(CN2CCN(C(=O)[C@H](CSCc3ccccc3)NC(=O)OCc3ccccc3)CC2)c1. The lowest BCUT2D eigenvalue weighted by Crippen LogP contribution is -2.55. The Morgan fingerprint density at radius 3 is 2.21 bits per heavy atom. The van der Waals surface area contributed by atoms with Gasteiger partial charge in [0.25, 0.3) is 0 Å². The lowest BCUT2D eigenvalue weighted by molar-refractivity contribution is -0.134. The van der Waals surface area contributed by atoms with Gasteiger partial charge < -0.3 is 19.7 Å². The van der Waals surface area contributed by atoms with E-state index in [1.54, 1.807) is 18.9 Å². The van der Waals surface area contributed by atoms with Gasteiger partial charge in [-0.2, -0.15) is 11.8 Å². The number of carbonyl (C=O) groups is 2. The van der Waals surface area contributed by atoms with E-state index in [-0.39, 0.29) is 12.5 Å². The second-order valence-electron chi connectivity index (χ2n) is 9.21. The Bertz CT molecular complexity index is 1150. The number of hydrogen-bond acceptors (Lipinski definition) is 6. The van der Waals surface area contributed by atoms with Gasteiger partial charge in [0.05, 0.1) is 7.11 Å². The molecule has 7 nitrogen and oxygen atoms in total. The minimum Gasteiger partial charge on any atom is -0.497 e. The van der Waals surface area contributed by atoms with Gasteiger partial charge in [-0.3, -0.25) is 9.69 Å². The van der Waals surface area contributed by atoms with Crippen LogP contribution in [0.2, 0.25) is 0 Å². The second-order valence-corrected chi connectivity index (χ2v) is 10.2. The number of piperazine rings is 1. The van der Waals surface area contributed by atoms with Crippen LogP contribution in [0.5, 0.6) is 5.75 Å². The normalized spacial score (nSPS) is 14.5. The van der Waals surface area contributed by atoms with Crippen molar-refractivity contribution in [2.45, 2.75) is 24.9 Å². The minimum atomic E-state index is -0.656. The molecule has 200 valence electrons. The number of rotatable bonds is 11. The van der Waals surface area contributed by atoms with Crippen LogP contribution in [0, 0.1) is 0 Å². The first kappa shape index (κ1) is 27.5. The number of benzene rings is 3. The fraction of sp³-hybridized carbons (Fsp3) is 0.333. The average Bonchev–Trinajstić information content (AvgIpc) is 2.97. The van der Waals surface area contributed by atoms with E-state index in [1.807, 2.05) is 71.6 Å². The highest BCUT2D eigenvalue weighted by atomic mass is 32.2. The molecule has 0 aliphatic carbocycles. The topological polar surface area (TPSA) is 71.1 Å². The lowest BCUT2D eigenvalue weighted by atomic mass is 10.1. The molecule has 4 rings (SSSR count). The van der Waals surface area contributed by atoms with Crippen LogP contribution in [-0.2, 0) is 28.4 Å². The van der Waals surface area contributed by atoms with Crippen molar-refractivity contribution in [3.63, 3.8) is 0 Å². The summed E-state index contributed by atoms with van der Waals surface area (Å²) in [5, 5.41) is 2.83. The van der Waals surface area contributed by atoms with Gasteiger partial charge >= 0.3 is 6.09 Å². The van der Waals surface area contributed by atoms with E-state index in [1.165, 1.54) is 11.1 Å². The quantitative estimate of drug-likeness (QED) is 0.390. The molecule has 3 aromatic carbocycles. The second kappa shape index (κ2) is 14.4. The van der Waals surface area contributed by atoms with Crippen LogP contribution in [0.3, 0.4) is 0 Å². The highest BCUT2D eigenvalue weighted by Gasteiger charge is 2.29. The van der Waals surface area contributed by atoms with Crippen molar-refractivity contribution in [1.29, 1.82) is 0 Å². The average molecular weight is 534 g/mol. The van der Waals surface area contributed by atoms with Gasteiger partial charge in [-0.15, -0.1) is 0 Å². The molecule has 0 unspecified atom stereocenters. The van der Waals surface area contributed by atoms with Gasteiger partial charge in [0.2, 0.25) is 5.91 Å². The van der Waals surface area contributed by atoms with Gasteiger partial charge in [-0.05, 0) is 28.8 Å². The molecule has 8 heteroatoms. The van der Waals surface area contributed by atoms with E-state index < -0.39 is 12.1 Å². The predicted octanol–water partition coefficient (Wildman–Crippen LogP) is 4.57. The largest absolute Gasteiger partial charge is 0.497 e. The lowest BCUT2D eigenvalue weighted by Gasteiger charge is -2.36. The molecule has 0 radical (unpaired) electrons. The Kier molecular flexibility index (Phi) is 10.5. The monoisotopic (exact) mass is 533 g/mol. The number of methoxy groups -OCH3 is 1. The molecule has 1 atom stereocenters. The summed E-state index contributed by atoms with van der Waals surface area (Å²) in [6, 6.07) is 27.0. The van der Waals surface area contributed by atoms with E-state index in [0.717, 1.165) is 36.7 Å². The van der Waals surface area contributed by atoms with Gasteiger partial charge in [0, 0.05) is 44.2 Å². The summed E-state index contributed by atoms with van der Waals surface area (Å²) in [5.41, 5.74) is 3.26. The van der Waals surface area contributed by atoms with Crippen molar-refractivity contribution in [3.05, 3.63) is 102 Å². The molecule has 1 saturated heterocycles. The van der Waals surface area contributed by atoms with Crippen molar-refractivity contribution in [1.82, 2.24) is 15.1 Å². The summed E-state index contributed by atoms with van der Waals surface area (Å²) < 4.78 is 10.7. The van der Waals surface area contributed by atoms with Crippen LogP contribution in [0.4, 0.5) is 4.79 Å². The van der Waals surface area contributed by atoms with Crippen LogP contribution in [-0.4, -0.2) is 66.9 Å². The standard InChI is InChI=1S/C30H35N3O4S/c1-36-27-14-8-13-26(19-27)20-32-15-17-33(18-16-32)29(34)28(23-38-22-25-11-6-3-7-12-25)31-30(35)37-21-24-9-4-2-5-10-24/h2-14,19,28H,15-18,20-23H2,1H3,(H,31,35)/t28-/m0/s1. The molecule has 0 aromatic heterocycles. The molecule has 3 aromatic rings. The maximum atomic E-state index is 13.5. The zero-order chi connectivity index (χ0) is 26.6. The van der Waals surface area contributed by atoms with E-state index in [4.69, 9.17) is 9.47 Å². The fourth-order valence-electron chi connectivity index (χ4n) is 4.33. The molecule has 2 amide bonds. The molecule has 1 heterocycles. The summed E-state index contributed by atoms with van der Waals surface area (Å²) in [6.45, 7) is 3.73. The molecule has 1 aliphatic heterocycles. The van der Waals surface area contributed by atoms with Crippen LogP contribution < -0.4 is 10.1 Å². The number of amides is 2. The summed E-state index contributed by atoms with van der Waals surface area (Å²) >= 11 is 1.63. The van der Waals surface area contributed by atoms with E-state index >= 15 is 0 Å².